The van der Waals surface area contributed by atoms with E-state index < -0.39 is 5.97 Å². The molecule has 7 nitrogen and oxygen atoms in total. The van der Waals surface area contributed by atoms with Crippen LogP contribution in [0.4, 0.5) is 0 Å². The van der Waals surface area contributed by atoms with Crippen LogP contribution < -0.4 is 0 Å². The van der Waals surface area contributed by atoms with Crippen molar-refractivity contribution in [3.05, 3.63) is 0 Å². The van der Waals surface area contributed by atoms with Gasteiger partial charge in [0.2, 0.25) is 0 Å². The highest BCUT2D eigenvalue weighted by Crippen LogP contribution is 2.13. The quantitative estimate of drug-likeness (QED) is 0.236. The summed E-state index contributed by atoms with van der Waals surface area (Å²) < 4.78 is 8.90. The fourth-order valence-corrected chi connectivity index (χ4v) is 2.21. The van der Waals surface area contributed by atoms with Crippen LogP contribution in [-0.4, -0.2) is 54.8 Å². The number of aliphatic hydroxyl groups is 1. The van der Waals surface area contributed by atoms with Gasteiger partial charge in [-0.2, -0.15) is 0 Å². The number of rotatable bonds is 11. The first kappa shape index (κ1) is 20.6. The molecule has 0 aliphatic rings. The summed E-state index contributed by atoms with van der Waals surface area (Å²) in [5.74, 6) is -0.416. The number of halogens is 1. The number of esters is 1. The molecule has 0 saturated carbocycles. The number of hydrogen-bond acceptors (Lipinski definition) is 7. The molecule has 0 amide bonds. The summed E-state index contributed by atoms with van der Waals surface area (Å²) in [6.07, 6.45) is 1.11. The van der Waals surface area contributed by atoms with Crippen LogP contribution in [0.5, 0.6) is 0 Å². The average molecular weight is 417 g/mol. The monoisotopic (exact) mass is 417 g/mol. The molecule has 8 heteroatoms. The maximum atomic E-state index is 11.3. The zero-order valence-corrected chi connectivity index (χ0v) is 14.9. The lowest BCUT2D eigenvalue weighted by molar-refractivity contribution is -0.195. The van der Waals surface area contributed by atoms with Gasteiger partial charge in [0.1, 0.15) is 0 Å². The van der Waals surface area contributed by atoms with Gasteiger partial charge in [-0.3, -0.25) is 14.6 Å². The number of nitrogens with zero attached hydrogens (tertiary/aromatic N) is 1. The summed E-state index contributed by atoms with van der Waals surface area (Å²) in [5, 5.41) is 9.54. The highest BCUT2D eigenvalue weighted by Gasteiger charge is 2.21. The van der Waals surface area contributed by atoms with Crippen LogP contribution in [0.3, 0.4) is 0 Å². The number of carbonyl (C=O) groups excluding carboxylic acids is 2. The van der Waals surface area contributed by atoms with Crippen LogP contribution in [-0.2, 0) is 22.4 Å². The minimum atomic E-state index is -0.492. The van der Waals surface area contributed by atoms with E-state index in [0.717, 1.165) is 6.42 Å². The first-order valence-corrected chi connectivity index (χ1v) is 7.72. The summed E-state index contributed by atoms with van der Waals surface area (Å²) in [5.41, 5.74) is 0. The van der Waals surface area contributed by atoms with E-state index in [1.165, 1.54) is 30.1 Å². The van der Waals surface area contributed by atoms with Gasteiger partial charge in [-0.1, -0.05) is 13.8 Å². The first-order chi connectivity index (χ1) is 9.94. The Labute approximate surface area is 139 Å². The van der Waals surface area contributed by atoms with Gasteiger partial charge in [0, 0.05) is 19.1 Å². The van der Waals surface area contributed by atoms with Gasteiger partial charge < -0.3 is 9.84 Å². The van der Waals surface area contributed by atoms with Crippen molar-refractivity contribution >= 4 is 34.9 Å². The molecular formula is C13H24INO6. The average Bonchev–Trinajstić information content (AvgIpc) is 2.44. The van der Waals surface area contributed by atoms with Gasteiger partial charge in [0.05, 0.1) is 26.6 Å². The molecule has 0 bridgehead atoms. The van der Waals surface area contributed by atoms with Crippen molar-refractivity contribution in [3.8, 4) is 0 Å². The Morgan fingerprint density at radius 3 is 2.19 bits per heavy atom. The Kier molecular flexibility index (Phi) is 11.9. The van der Waals surface area contributed by atoms with Crippen LogP contribution in [0.2, 0.25) is 0 Å². The molecule has 1 atom stereocenters. The molecule has 0 radical (unpaired) electrons. The lowest BCUT2D eigenvalue weighted by atomic mass is 10.0. The third-order valence-electron chi connectivity index (χ3n) is 3.03. The van der Waals surface area contributed by atoms with E-state index in [9.17, 15) is 14.7 Å². The summed E-state index contributed by atoms with van der Waals surface area (Å²) >= 11 is 1.47. The first-order valence-electron chi connectivity index (χ1n) is 6.84. The van der Waals surface area contributed by atoms with E-state index in [4.69, 9.17) is 0 Å². The molecule has 0 aromatic heterocycles. The molecule has 0 aromatic carbocycles. The van der Waals surface area contributed by atoms with Crippen LogP contribution in [0.25, 0.3) is 0 Å². The summed E-state index contributed by atoms with van der Waals surface area (Å²) in [6.45, 7) is 4.88. The third kappa shape index (κ3) is 9.99. The predicted molar refractivity (Wildman–Crippen MR) is 84.3 cm³/mol. The van der Waals surface area contributed by atoms with Gasteiger partial charge >= 0.3 is 11.9 Å². The SMILES string of the molecule is COC(=O)CCN(CCC(=O)OOI)[C@H](CO)CC(C)C. The number of hydrogen-bond donors (Lipinski definition) is 1. The lowest BCUT2D eigenvalue weighted by Crippen LogP contribution is -2.41. The van der Waals surface area contributed by atoms with Crippen molar-refractivity contribution in [1.82, 2.24) is 4.90 Å². The topological polar surface area (TPSA) is 85.3 Å². The second-order valence-corrected chi connectivity index (χ2v) is 5.46. The third-order valence-corrected chi connectivity index (χ3v) is 3.21. The van der Waals surface area contributed by atoms with Crippen molar-refractivity contribution < 1.29 is 27.5 Å². The predicted octanol–water partition coefficient (Wildman–Crippen LogP) is 1.47. The van der Waals surface area contributed by atoms with Crippen molar-refractivity contribution in [2.75, 3.05) is 26.8 Å². The largest absolute Gasteiger partial charge is 0.469 e. The van der Waals surface area contributed by atoms with E-state index in [1.54, 1.807) is 0 Å². The Morgan fingerprint density at radius 1 is 1.19 bits per heavy atom. The van der Waals surface area contributed by atoms with E-state index in [-0.39, 0.29) is 31.5 Å². The molecule has 21 heavy (non-hydrogen) atoms. The van der Waals surface area contributed by atoms with Crippen molar-refractivity contribution in [2.24, 2.45) is 5.92 Å². The normalized spacial score (nSPS) is 12.5. The highest BCUT2D eigenvalue weighted by molar-refractivity contribution is 14.1. The molecule has 0 aliphatic heterocycles. The fraction of sp³-hybridized carbons (Fsp3) is 0.846. The second-order valence-electron chi connectivity index (χ2n) is 5.10. The van der Waals surface area contributed by atoms with Crippen LogP contribution in [0.15, 0.2) is 0 Å². The molecule has 0 heterocycles. The van der Waals surface area contributed by atoms with E-state index in [2.05, 4.69) is 26.7 Å². The molecule has 0 saturated heterocycles. The van der Waals surface area contributed by atoms with Crippen molar-refractivity contribution in [2.45, 2.75) is 39.2 Å². The van der Waals surface area contributed by atoms with E-state index in [0.29, 0.717) is 19.0 Å². The van der Waals surface area contributed by atoms with Gasteiger partial charge in [0.15, 0.2) is 23.0 Å². The smallest absolute Gasteiger partial charge is 0.344 e. The standard InChI is InChI=1S/C13H24INO6/c1-10(2)8-11(9-16)15(6-4-12(17)19-3)7-5-13(18)20-21-14/h10-11,16H,4-9H2,1-3H3/t11-/m0/s1. The van der Waals surface area contributed by atoms with Crippen molar-refractivity contribution in [1.29, 1.82) is 0 Å². The minimum absolute atomic E-state index is 0.0306. The maximum absolute atomic E-state index is 11.3. The van der Waals surface area contributed by atoms with Gasteiger partial charge in [-0.15, -0.1) is 3.22 Å². The molecule has 0 unspecified atom stereocenters. The van der Waals surface area contributed by atoms with Gasteiger partial charge in [-0.25, -0.2) is 4.79 Å². The lowest BCUT2D eigenvalue weighted by Gasteiger charge is -2.31. The summed E-state index contributed by atoms with van der Waals surface area (Å²) in [7, 11) is 1.33. The highest BCUT2D eigenvalue weighted by atomic mass is 127. The Balaban J connectivity index is 4.56. The van der Waals surface area contributed by atoms with E-state index in [1.807, 2.05) is 4.90 Å². The molecule has 0 rings (SSSR count). The van der Waals surface area contributed by atoms with Crippen LogP contribution in [0, 0.1) is 5.92 Å². The number of carbonyl (C=O) groups is 2. The Hall–Kier alpha value is -0.450. The fourth-order valence-electron chi connectivity index (χ4n) is 2.01. The van der Waals surface area contributed by atoms with Gasteiger partial charge in [0.25, 0.3) is 0 Å². The van der Waals surface area contributed by atoms with Crippen LogP contribution >= 0.6 is 23.0 Å². The Morgan fingerprint density at radius 2 is 1.76 bits per heavy atom. The molecular weight excluding hydrogens is 393 g/mol. The number of methoxy groups -OCH3 is 1. The number of ether oxygens (including phenoxy) is 1. The summed E-state index contributed by atoms with van der Waals surface area (Å²) in [4.78, 5) is 28.9. The summed E-state index contributed by atoms with van der Waals surface area (Å²) in [6, 6.07) is -0.108. The van der Waals surface area contributed by atoms with Gasteiger partial charge in [-0.05, 0) is 12.3 Å². The zero-order chi connectivity index (χ0) is 16.3. The van der Waals surface area contributed by atoms with E-state index >= 15 is 0 Å². The van der Waals surface area contributed by atoms with Crippen LogP contribution in [0.1, 0.15) is 33.1 Å². The molecule has 0 aromatic rings. The molecule has 0 aliphatic carbocycles. The molecule has 0 spiro atoms. The minimum Gasteiger partial charge on any atom is -0.469 e. The molecule has 1 N–H and O–H groups in total. The van der Waals surface area contributed by atoms with Crippen molar-refractivity contribution in [3.63, 3.8) is 0 Å². The molecule has 124 valence electrons. The maximum Gasteiger partial charge on any atom is 0.344 e. The molecule has 0 fully saturated rings. The number of aliphatic hydroxyl groups excluding tert-OH is 1. The Bertz CT molecular complexity index is 313. The zero-order valence-electron chi connectivity index (χ0n) is 12.7. The second kappa shape index (κ2) is 12.1.